The summed E-state index contributed by atoms with van der Waals surface area (Å²) in [6.45, 7) is 2.56. The molecule has 1 aliphatic rings. The van der Waals surface area contributed by atoms with E-state index in [4.69, 9.17) is 0 Å². The zero-order chi connectivity index (χ0) is 19.2. The second kappa shape index (κ2) is 8.66. The highest BCUT2D eigenvalue weighted by atomic mass is 16.2. The molecule has 0 aromatic carbocycles. The maximum absolute atomic E-state index is 12.4. The quantitative estimate of drug-likeness (QED) is 0.808. The Morgan fingerprint density at radius 1 is 1.19 bits per heavy atom. The van der Waals surface area contributed by atoms with Gasteiger partial charge in [-0.15, -0.1) is 0 Å². The fourth-order valence-electron chi connectivity index (χ4n) is 3.26. The standard InChI is InChI=1S/C19H25N5O3/c1-2-24-11-10-16(22-24)21-19(27)14-8-9-18(26)23(12-14)13-17(25)20-15-6-4-3-5-7-15/h8-12,15H,2-7,13H2,1H3,(H,20,25)(H,21,22,27). The largest absolute Gasteiger partial charge is 0.352 e. The van der Waals surface area contributed by atoms with Crippen LogP contribution in [0.2, 0.25) is 0 Å². The molecule has 2 amide bonds. The monoisotopic (exact) mass is 371 g/mol. The minimum absolute atomic E-state index is 0.0963. The summed E-state index contributed by atoms with van der Waals surface area (Å²) in [4.78, 5) is 36.7. The van der Waals surface area contributed by atoms with Crippen LogP contribution in [0.15, 0.2) is 35.4 Å². The lowest BCUT2D eigenvalue weighted by Gasteiger charge is -2.22. The zero-order valence-electron chi connectivity index (χ0n) is 15.5. The fraction of sp³-hybridized carbons (Fsp3) is 0.474. The third kappa shape index (κ3) is 5.06. The van der Waals surface area contributed by atoms with Gasteiger partial charge in [-0.3, -0.25) is 19.1 Å². The van der Waals surface area contributed by atoms with Crippen molar-refractivity contribution in [3.05, 3.63) is 46.5 Å². The van der Waals surface area contributed by atoms with E-state index in [0.717, 1.165) is 25.7 Å². The smallest absolute Gasteiger partial charge is 0.258 e. The van der Waals surface area contributed by atoms with Gasteiger partial charge >= 0.3 is 0 Å². The molecule has 0 spiro atoms. The number of carbonyl (C=O) groups is 2. The van der Waals surface area contributed by atoms with Gasteiger partial charge in [-0.2, -0.15) is 5.10 Å². The van der Waals surface area contributed by atoms with Crippen LogP contribution < -0.4 is 16.2 Å². The van der Waals surface area contributed by atoms with Crippen LogP contribution in [0.4, 0.5) is 5.82 Å². The van der Waals surface area contributed by atoms with E-state index in [1.54, 1.807) is 16.9 Å². The summed E-state index contributed by atoms with van der Waals surface area (Å²) < 4.78 is 2.96. The van der Waals surface area contributed by atoms with E-state index in [-0.39, 0.29) is 30.0 Å². The summed E-state index contributed by atoms with van der Waals surface area (Å²) in [6.07, 6.45) is 8.59. The van der Waals surface area contributed by atoms with Crippen molar-refractivity contribution >= 4 is 17.6 Å². The Morgan fingerprint density at radius 2 is 1.96 bits per heavy atom. The van der Waals surface area contributed by atoms with Gasteiger partial charge in [0.25, 0.3) is 11.5 Å². The van der Waals surface area contributed by atoms with E-state index < -0.39 is 0 Å². The van der Waals surface area contributed by atoms with Gasteiger partial charge in [-0.25, -0.2) is 0 Å². The first-order valence-corrected chi connectivity index (χ1v) is 9.40. The summed E-state index contributed by atoms with van der Waals surface area (Å²) in [5, 5.41) is 9.87. The topological polar surface area (TPSA) is 98.0 Å². The number of amides is 2. The lowest BCUT2D eigenvalue weighted by molar-refractivity contribution is -0.122. The van der Waals surface area contributed by atoms with Crippen LogP contribution >= 0.6 is 0 Å². The van der Waals surface area contributed by atoms with Gasteiger partial charge in [0.2, 0.25) is 5.91 Å². The van der Waals surface area contributed by atoms with Gasteiger partial charge < -0.3 is 15.2 Å². The Morgan fingerprint density at radius 3 is 2.67 bits per heavy atom. The van der Waals surface area contributed by atoms with Crippen LogP contribution in [0.3, 0.4) is 0 Å². The molecule has 1 fully saturated rings. The van der Waals surface area contributed by atoms with Gasteiger partial charge in [0.1, 0.15) is 6.54 Å². The third-order valence-electron chi connectivity index (χ3n) is 4.74. The molecule has 2 N–H and O–H groups in total. The van der Waals surface area contributed by atoms with Crippen LogP contribution in [-0.2, 0) is 17.9 Å². The van der Waals surface area contributed by atoms with E-state index >= 15 is 0 Å². The summed E-state index contributed by atoms with van der Waals surface area (Å²) in [7, 11) is 0. The van der Waals surface area contributed by atoms with Crippen molar-refractivity contribution in [3.8, 4) is 0 Å². The number of nitrogens with zero attached hydrogens (tertiary/aromatic N) is 3. The molecule has 0 unspecified atom stereocenters. The molecule has 2 aromatic heterocycles. The van der Waals surface area contributed by atoms with E-state index in [1.165, 1.54) is 29.3 Å². The van der Waals surface area contributed by atoms with Crippen LogP contribution in [-0.4, -0.2) is 32.2 Å². The zero-order valence-corrected chi connectivity index (χ0v) is 15.5. The molecular weight excluding hydrogens is 346 g/mol. The molecule has 8 heteroatoms. The third-order valence-corrected chi connectivity index (χ3v) is 4.74. The molecule has 1 saturated carbocycles. The summed E-state index contributed by atoms with van der Waals surface area (Å²) >= 11 is 0. The first-order valence-electron chi connectivity index (χ1n) is 9.40. The molecule has 27 heavy (non-hydrogen) atoms. The number of anilines is 1. The Hall–Kier alpha value is -2.90. The van der Waals surface area contributed by atoms with Crippen molar-refractivity contribution < 1.29 is 9.59 Å². The molecule has 144 valence electrons. The van der Waals surface area contributed by atoms with Crippen molar-refractivity contribution in [2.45, 2.75) is 58.2 Å². The SMILES string of the molecule is CCn1ccc(NC(=O)c2ccc(=O)n(CC(=O)NC3CCCCC3)c2)n1. The Kier molecular flexibility index (Phi) is 6.05. The second-order valence-corrected chi connectivity index (χ2v) is 6.80. The molecule has 0 radical (unpaired) electrons. The Balaban J connectivity index is 1.65. The van der Waals surface area contributed by atoms with Gasteiger partial charge in [-0.1, -0.05) is 19.3 Å². The Bertz CT molecular complexity index is 864. The van der Waals surface area contributed by atoms with Gasteiger partial charge in [0, 0.05) is 37.1 Å². The number of rotatable bonds is 6. The van der Waals surface area contributed by atoms with Crippen molar-refractivity contribution in [1.29, 1.82) is 0 Å². The summed E-state index contributed by atoms with van der Waals surface area (Å²) in [6, 6.07) is 4.63. The first-order chi connectivity index (χ1) is 13.0. The fourth-order valence-corrected chi connectivity index (χ4v) is 3.26. The van der Waals surface area contributed by atoms with Crippen molar-refractivity contribution in [1.82, 2.24) is 19.7 Å². The molecule has 0 atom stereocenters. The highest BCUT2D eigenvalue weighted by molar-refractivity contribution is 6.03. The number of hydrogen-bond acceptors (Lipinski definition) is 4. The normalized spacial score (nSPS) is 14.7. The second-order valence-electron chi connectivity index (χ2n) is 6.80. The number of aryl methyl sites for hydroxylation is 1. The molecule has 0 bridgehead atoms. The summed E-state index contributed by atoms with van der Waals surface area (Å²) in [5.41, 5.74) is -0.0216. The van der Waals surface area contributed by atoms with Gasteiger partial charge in [0.15, 0.2) is 5.82 Å². The predicted octanol–water partition coefficient (Wildman–Crippen LogP) is 1.77. The molecule has 3 rings (SSSR count). The minimum Gasteiger partial charge on any atom is -0.352 e. The molecule has 2 aromatic rings. The maximum atomic E-state index is 12.4. The maximum Gasteiger partial charge on any atom is 0.258 e. The van der Waals surface area contributed by atoms with Crippen LogP contribution in [0, 0.1) is 0 Å². The molecule has 8 nitrogen and oxygen atoms in total. The predicted molar refractivity (Wildman–Crippen MR) is 102 cm³/mol. The number of carbonyl (C=O) groups excluding carboxylic acids is 2. The summed E-state index contributed by atoms with van der Waals surface area (Å²) in [5.74, 6) is -0.143. The first kappa shape index (κ1) is 18.9. The molecular formula is C19H25N5O3. The van der Waals surface area contributed by atoms with Gasteiger partial charge in [-0.05, 0) is 25.8 Å². The average Bonchev–Trinajstić information content (AvgIpc) is 3.12. The molecule has 2 heterocycles. The van der Waals surface area contributed by atoms with Crippen molar-refractivity contribution in [2.75, 3.05) is 5.32 Å². The van der Waals surface area contributed by atoms with Crippen LogP contribution in [0.5, 0.6) is 0 Å². The molecule has 1 aliphatic carbocycles. The molecule has 0 saturated heterocycles. The van der Waals surface area contributed by atoms with Crippen LogP contribution in [0.1, 0.15) is 49.4 Å². The lowest BCUT2D eigenvalue weighted by Crippen LogP contribution is -2.39. The molecule has 0 aliphatic heterocycles. The minimum atomic E-state index is -0.377. The number of nitrogens with one attached hydrogen (secondary N) is 2. The highest BCUT2D eigenvalue weighted by Crippen LogP contribution is 2.17. The van der Waals surface area contributed by atoms with E-state index in [9.17, 15) is 14.4 Å². The van der Waals surface area contributed by atoms with E-state index in [1.807, 2.05) is 6.92 Å². The number of hydrogen-bond donors (Lipinski definition) is 2. The van der Waals surface area contributed by atoms with E-state index in [2.05, 4.69) is 15.7 Å². The van der Waals surface area contributed by atoms with Gasteiger partial charge in [0.05, 0.1) is 5.56 Å². The van der Waals surface area contributed by atoms with E-state index in [0.29, 0.717) is 17.9 Å². The van der Waals surface area contributed by atoms with Crippen molar-refractivity contribution in [2.24, 2.45) is 0 Å². The van der Waals surface area contributed by atoms with Crippen molar-refractivity contribution in [3.63, 3.8) is 0 Å². The Labute approximate surface area is 157 Å². The van der Waals surface area contributed by atoms with Crippen LogP contribution in [0.25, 0.3) is 0 Å². The number of aromatic nitrogens is 3. The average molecular weight is 371 g/mol. The lowest BCUT2D eigenvalue weighted by atomic mass is 9.95. The number of pyridine rings is 1. The highest BCUT2D eigenvalue weighted by Gasteiger charge is 2.17.